The molecule has 142 valence electrons. The molecule has 2 fully saturated rings. The zero-order valence-electron chi connectivity index (χ0n) is 15.7. The average molecular weight is 365 g/mol. The summed E-state index contributed by atoms with van der Waals surface area (Å²) in [5.74, 6) is 0.727. The second-order valence-electron chi connectivity index (χ2n) is 7.51. The van der Waals surface area contributed by atoms with Crippen LogP contribution in [0.15, 0.2) is 48.7 Å². The van der Waals surface area contributed by atoms with Crippen LogP contribution in [0.2, 0.25) is 0 Å². The molecule has 1 aliphatic carbocycles. The number of aromatic nitrogens is 1. The fourth-order valence-corrected chi connectivity index (χ4v) is 4.36. The minimum atomic E-state index is -0.0354. The van der Waals surface area contributed by atoms with E-state index in [4.69, 9.17) is 4.74 Å². The van der Waals surface area contributed by atoms with Gasteiger partial charge in [0.25, 0.3) is 5.91 Å². The third-order valence-electron chi connectivity index (χ3n) is 5.88. The van der Waals surface area contributed by atoms with Crippen molar-refractivity contribution in [1.29, 1.82) is 0 Å². The molecule has 1 saturated carbocycles. The summed E-state index contributed by atoms with van der Waals surface area (Å²) in [6.07, 6.45) is 6.44. The summed E-state index contributed by atoms with van der Waals surface area (Å²) in [5.41, 5.74) is 2.04. The quantitative estimate of drug-likeness (QED) is 0.884. The Morgan fingerprint density at radius 1 is 1.07 bits per heavy atom. The Morgan fingerprint density at radius 2 is 1.81 bits per heavy atom. The second-order valence-corrected chi connectivity index (χ2v) is 7.51. The number of nitrogens with one attached hydrogen (secondary N) is 1. The van der Waals surface area contributed by atoms with Gasteiger partial charge in [0.15, 0.2) is 0 Å². The van der Waals surface area contributed by atoms with Gasteiger partial charge in [-0.2, -0.15) is 0 Å². The fourth-order valence-electron chi connectivity index (χ4n) is 4.36. The molecule has 27 heavy (non-hydrogen) atoms. The summed E-state index contributed by atoms with van der Waals surface area (Å²) >= 11 is 0. The number of pyridine rings is 1. The van der Waals surface area contributed by atoms with Crippen molar-refractivity contribution < 1.29 is 9.53 Å². The number of nitrogens with zero attached hydrogens (tertiary/aromatic N) is 2. The molecule has 0 atom stereocenters. The third kappa shape index (κ3) is 3.83. The van der Waals surface area contributed by atoms with Crippen LogP contribution in [0, 0.1) is 0 Å². The molecule has 1 aliphatic heterocycles. The van der Waals surface area contributed by atoms with Crippen molar-refractivity contribution in [2.24, 2.45) is 0 Å². The molecule has 0 bridgehead atoms. The van der Waals surface area contributed by atoms with Gasteiger partial charge in [0.2, 0.25) is 0 Å². The van der Waals surface area contributed by atoms with Crippen LogP contribution in [0.4, 0.5) is 5.82 Å². The summed E-state index contributed by atoms with van der Waals surface area (Å²) in [4.78, 5) is 19.7. The summed E-state index contributed by atoms with van der Waals surface area (Å²) in [7, 11) is 0. The Kier molecular flexibility index (Phi) is 5.39. The van der Waals surface area contributed by atoms with Crippen LogP contribution in [-0.2, 0) is 10.2 Å². The van der Waals surface area contributed by atoms with Crippen molar-refractivity contribution in [1.82, 2.24) is 10.3 Å². The van der Waals surface area contributed by atoms with Crippen LogP contribution in [0.3, 0.4) is 0 Å². The molecule has 4 rings (SSSR count). The van der Waals surface area contributed by atoms with Gasteiger partial charge in [-0.3, -0.25) is 4.79 Å². The predicted molar refractivity (Wildman–Crippen MR) is 106 cm³/mol. The molecule has 0 spiro atoms. The molecule has 1 saturated heterocycles. The van der Waals surface area contributed by atoms with Crippen LogP contribution < -0.4 is 10.2 Å². The van der Waals surface area contributed by atoms with Gasteiger partial charge in [0, 0.05) is 31.2 Å². The first kappa shape index (κ1) is 18.0. The SMILES string of the molecule is O=C(NCC1(c2ccccc2)CCCC1)c1cccnc1N1CCOCC1. The van der Waals surface area contributed by atoms with Crippen molar-refractivity contribution >= 4 is 11.7 Å². The molecule has 5 nitrogen and oxygen atoms in total. The summed E-state index contributed by atoms with van der Waals surface area (Å²) < 4.78 is 5.43. The van der Waals surface area contributed by atoms with E-state index in [0.717, 1.165) is 31.7 Å². The van der Waals surface area contributed by atoms with Crippen LogP contribution in [0.5, 0.6) is 0 Å². The maximum atomic E-state index is 13.0. The van der Waals surface area contributed by atoms with E-state index in [-0.39, 0.29) is 11.3 Å². The highest BCUT2D eigenvalue weighted by atomic mass is 16.5. The maximum Gasteiger partial charge on any atom is 0.255 e. The van der Waals surface area contributed by atoms with Crippen molar-refractivity contribution in [2.75, 3.05) is 37.7 Å². The molecule has 1 aromatic heterocycles. The standard InChI is InChI=1S/C22H27N3O2/c26-21(19-9-6-12-23-20(19)25-13-15-27-16-14-25)24-17-22(10-4-5-11-22)18-7-2-1-3-8-18/h1-3,6-9,12H,4-5,10-11,13-17H2,(H,24,26). The van der Waals surface area contributed by atoms with E-state index in [1.54, 1.807) is 6.20 Å². The van der Waals surface area contributed by atoms with Crippen LogP contribution in [0.1, 0.15) is 41.6 Å². The van der Waals surface area contributed by atoms with Crippen molar-refractivity contribution in [2.45, 2.75) is 31.1 Å². The minimum Gasteiger partial charge on any atom is -0.378 e. The van der Waals surface area contributed by atoms with Gasteiger partial charge >= 0.3 is 0 Å². The van der Waals surface area contributed by atoms with Crippen molar-refractivity contribution in [3.05, 3.63) is 59.8 Å². The van der Waals surface area contributed by atoms with E-state index >= 15 is 0 Å². The van der Waals surface area contributed by atoms with E-state index < -0.39 is 0 Å². The third-order valence-corrected chi connectivity index (χ3v) is 5.88. The number of rotatable bonds is 5. The van der Waals surface area contributed by atoms with Crippen LogP contribution in [0.25, 0.3) is 0 Å². The number of carbonyl (C=O) groups excluding carboxylic acids is 1. The smallest absolute Gasteiger partial charge is 0.255 e. The second kappa shape index (κ2) is 8.09. The zero-order valence-corrected chi connectivity index (χ0v) is 15.7. The van der Waals surface area contributed by atoms with Gasteiger partial charge in [-0.1, -0.05) is 43.2 Å². The topological polar surface area (TPSA) is 54.5 Å². The molecule has 0 unspecified atom stereocenters. The first-order chi connectivity index (χ1) is 13.3. The Balaban J connectivity index is 1.51. The highest BCUT2D eigenvalue weighted by molar-refractivity contribution is 5.99. The van der Waals surface area contributed by atoms with Crippen molar-refractivity contribution in [3.8, 4) is 0 Å². The van der Waals surface area contributed by atoms with E-state index in [2.05, 4.69) is 45.5 Å². The normalized spacial score (nSPS) is 19.0. The Labute approximate surface area is 160 Å². The summed E-state index contributed by atoms with van der Waals surface area (Å²) in [5, 5.41) is 3.22. The first-order valence-corrected chi connectivity index (χ1v) is 9.90. The van der Waals surface area contributed by atoms with Gasteiger partial charge in [0.1, 0.15) is 5.82 Å². The number of carbonyl (C=O) groups is 1. The molecule has 2 heterocycles. The molecule has 2 aliphatic rings. The average Bonchev–Trinajstić information content (AvgIpc) is 3.24. The Hall–Kier alpha value is -2.40. The van der Waals surface area contributed by atoms with Crippen molar-refractivity contribution in [3.63, 3.8) is 0 Å². The van der Waals surface area contributed by atoms with Crippen LogP contribution in [-0.4, -0.2) is 43.7 Å². The number of amides is 1. The van der Waals surface area contributed by atoms with Gasteiger partial charge in [-0.25, -0.2) is 4.98 Å². The number of hydrogen-bond acceptors (Lipinski definition) is 4. The number of hydrogen-bond donors (Lipinski definition) is 1. The molecule has 1 amide bonds. The summed E-state index contributed by atoms with van der Waals surface area (Å²) in [6, 6.07) is 14.3. The first-order valence-electron chi connectivity index (χ1n) is 9.90. The minimum absolute atomic E-state index is 0.0354. The lowest BCUT2D eigenvalue weighted by atomic mass is 9.79. The largest absolute Gasteiger partial charge is 0.378 e. The van der Waals surface area contributed by atoms with E-state index in [1.807, 2.05) is 12.1 Å². The highest BCUT2D eigenvalue weighted by Crippen LogP contribution is 2.40. The zero-order chi connectivity index (χ0) is 18.5. The molecule has 2 aromatic rings. The Morgan fingerprint density at radius 3 is 2.56 bits per heavy atom. The number of morpholine rings is 1. The molecule has 0 radical (unpaired) electrons. The van der Waals surface area contributed by atoms with E-state index in [1.165, 1.54) is 18.4 Å². The van der Waals surface area contributed by atoms with Crippen LogP contribution >= 0.6 is 0 Å². The highest BCUT2D eigenvalue weighted by Gasteiger charge is 2.36. The van der Waals surface area contributed by atoms with E-state index in [0.29, 0.717) is 25.3 Å². The maximum absolute atomic E-state index is 13.0. The monoisotopic (exact) mass is 365 g/mol. The molecular formula is C22H27N3O2. The van der Waals surface area contributed by atoms with Gasteiger partial charge in [0.05, 0.1) is 18.8 Å². The van der Waals surface area contributed by atoms with Gasteiger partial charge in [-0.05, 0) is 30.5 Å². The number of benzene rings is 1. The molecule has 5 heteroatoms. The lowest BCUT2D eigenvalue weighted by molar-refractivity contribution is 0.0941. The van der Waals surface area contributed by atoms with Gasteiger partial charge < -0.3 is 15.0 Å². The Bertz CT molecular complexity index is 766. The molecule has 1 aromatic carbocycles. The van der Waals surface area contributed by atoms with Gasteiger partial charge in [-0.15, -0.1) is 0 Å². The molecule has 1 N–H and O–H groups in total. The number of anilines is 1. The predicted octanol–water partition coefficient (Wildman–Crippen LogP) is 3.16. The fraction of sp³-hybridized carbons (Fsp3) is 0.455. The van der Waals surface area contributed by atoms with E-state index in [9.17, 15) is 4.79 Å². The molecular weight excluding hydrogens is 338 g/mol. The summed E-state index contributed by atoms with van der Waals surface area (Å²) in [6.45, 7) is 3.56. The lowest BCUT2D eigenvalue weighted by Gasteiger charge is -2.31. The lowest BCUT2D eigenvalue weighted by Crippen LogP contribution is -2.41. The number of ether oxygens (including phenoxy) is 1.